The summed E-state index contributed by atoms with van der Waals surface area (Å²) in [6, 6.07) is 6.55. The summed E-state index contributed by atoms with van der Waals surface area (Å²) in [5.74, 6) is 0.733. The zero-order chi connectivity index (χ0) is 18.7. The lowest BCUT2D eigenvalue weighted by Gasteiger charge is -2.34. The van der Waals surface area contributed by atoms with Gasteiger partial charge < -0.3 is 10.2 Å². The van der Waals surface area contributed by atoms with Gasteiger partial charge in [0.2, 0.25) is 10.0 Å². The average Bonchev–Trinajstić information content (AvgIpc) is 3.07. The van der Waals surface area contributed by atoms with E-state index in [0.717, 1.165) is 19.5 Å². The topological polar surface area (TPSA) is 70.9 Å². The summed E-state index contributed by atoms with van der Waals surface area (Å²) in [5.41, 5.74) is 0.646. The number of carbonyl (C=O) groups is 1. The van der Waals surface area contributed by atoms with Crippen LogP contribution in [0.5, 0.6) is 0 Å². The fraction of sp³-hybridized carbons (Fsp3) is 0.632. The van der Waals surface area contributed by atoms with E-state index in [1.165, 1.54) is 17.7 Å². The number of carbonyl (C=O) groups excluding carboxylic acids is 1. The molecule has 1 amide bonds. The number of nitrogens with zero attached hydrogens (tertiary/aromatic N) is 1. The molecule has 7 heteroatoms. The number of sulfonamides is 1. The minimum Gasteiger partial charge on any atom is -0.327 e. The minimum absolute atomic E-state index is 0.0174. The summed E-state index contributed by atoms with van der Waals surface area (Å²) in [6.07, 6.45) is 3.43. The van der Waals surface area contributed by atoms with Crippen molar-refractivity contribution in [1.82, 2.24) is 4.31 Å². The van der Waals surface area contributed by atoms with E-state index in [1.54, 1.807) is 28.6 Å². The van der Waals surface area contributed by atoms with Crippen LogP contribution in [0.1, 0.15) is 33.1 Å². The fourth-order valence-electron chi connectivity index (χ4n) is 4.15. The SMILES string of the molecule is C[C@@H]1C[C@H](C)CN(S(=O)(=O)c2ccc(NC(=O)C[NH+]3CCCC3)cc2)C1. The van der Waals surface area contributed by atoms with Gasteiger partial charge in [-0.1, -0.05) is 13.8 Å². The quantitative estimate of drug-likeness (QED) is 0.800. The molecule has 2 aliphatic heterocycles. The van der Waals surface area contributed by atoms with Crippen LogP contribution in [0.25, 0.3) is 0 Å². The predicted molar refractivity (Wildman–Crippen MR) is 102 cm³/mol. The Hall–Kier alpha value is -1.44. The van der Waals surface area contributed by atoms with E-state index < -0.39 is 10.0 Å². The van der Waals surface area contributed by atoms with Crippen molar-refractivity contribution in [3.63, 3.8) is 0 Å². The largest absolute Gasteiger partial charge is 0.327 e. The Balaban J connectivity index is 1.63. The summed E-state index contributed by atoms with van der Waals surface area (Å²) >= 11 is 0. The minimum atomic E-state index is -3.48. The molecule has 6 nitrogen and oxygen atoms in total. The summed E-state index contributed by atoms with van der Waals surface area (Å²) in [6.45, 7) is 7.92. The normalized spacial score (nSPS) is 25.3. The molecule has 0 radical (unpaired) electrons. The fourth-order valence-corrected chi connectivity index (χ4v) is 5.82. The number of amides is 1. The third-order valence-corrected chi connectivity index (χ3v) is 7.18. The Labute approximate surface area is 156 Å². The molecule has 2 saturated heterocycles. The first-order valence-corrected chi connectivity index (χ1v) is 11.0. The van der Waals surface area contributed by atoms with Crippen molar-refractivity contribution in [2.24, 2.45) is 11.8 Å². The van der Waals surface area contributed by atoms with Gasteiger partial charge in [-0.05, 0) is 42.5 Å². The first-order valence-electron chi connectivity index (χ1n) is 9.58. The second-order valence-corrected chi connectivity index (χ2v) is 9.91. The van der Waals surface area contributed by atoms with Crippen LogP contribution in [-0.4, -0.2) is 51.4 Å². The molecule has 2 fully saturated rings. The monoisotopic (exact) mass is 380 g/mol. The highest BCUT2D eigenvalue weighted by Gasteiger charge is 2.31. The molecular formula is C19H30N3O3S+. The zero-order valence-electron chi connectivity index (χ0n) is 15.7. The molecule has 1 aromatic rings. The smallest absolute Gasteiger partial charge is 0.279 e. The lowest BCUT2D eigenvalue weighted by Crippen LogP contribution is -3.11. The standard InChI is InChI=1S/C19H29N3O3S/c1-15-11-16(2)13-22(12-15)26(24,25)18-7-5-17(6-8-18)20-19(23)14-21-9-3-4-10-21/h5-8,15-16H,3-4,9-14H2,1-2H3,(H,20,23)/p+1/t15-,16+. The van der Waals surface area contributed by atoms with Crippen LogP contribution in [0.4, 0.5) is 5.69 Å². The lowest BCUT2D eigenvalue weighted by molar-refractivity contribution is -0.878. The van der Waals surface area contributed by atoms with Crippen LogP contribution in [0.2, 0.25) is 0 Å². The van der Waals surface area contributed by atoms with Crippen molar-refractivity contribution in [3.8, 4) is 0 Å². The molecular weight excluding hydrogens is 350 g/mol. The van der Waals surface area contributed by atoms with Crippen molar-refractivity contribution in [3.05, 3.63) is 24.3 Å². The van der Waals surface area contributed by atoms with Gasteiger partial charge in [0, 0.05) is 31.6 Å². The highest BCUT2D eigenvalue weighted by Crippen LogP contribution is 2.27. The average molecular weight is 381 g/mol. The Morgan fingerprint density at radius 2 is 1.69 bits per heavy atom. The van der Waals surface area contributed by atoms with Gasteiger partial charge in [0.1, 0.15) is 0 Å². The van der Waals surface area contributed by atoms with Crippen LogP contribution in [0, 0.1) is 11.8 Å². The van der Waals surface area contributed by atoms with Gasteiger partial charge in [-0.15, -0.1) is 0 Å². The molecule has 2 N–H and O–H groups in total. The Kier molecular flexibility index (Phi) is 5.99. The van der Waals surface area contributed by atoms with Crippen LogP contribution in [0.3, 0.4) is 0 Å². The summed E-state index contributed by atoms with van der Waals surface area (Å²) in [7, 11) is -3.48. The molecule has 0 unspecified atom stereocenters. The zero-order valence-corrected chi connectivity index (χ0v) is 16.5. The van der Waals surface area contributed by atoms with Gasteiger partial charge in [0.25, 0.3) is 5.91 Å². The van der Waals surface area contributed by atoms with E-state index in [0.29, 0.717) is 42.1 Å². The molecule has 26 heavy (non-hydrogen) atoms. The van der Waals surface area contributed by atoms with Gasteiger partial charge in [-0.3, -0.25) is 4.79 Å². The first-order chi connectivity index (χ1) is 12.3. The third-order valence-electron chi connectivity index (χ3n) is 5.33. The molecule has 2 heterocycles. The first kappa shape index (κ1) is 19.3. The highest BCUT2D eigenvalue weighted by molar-refractivity contribution is 7.89. The molecule has 144 valence electrons. The van der Waals surface area contributed by atoms with Crippen molar-refractivity contribution < 1.29 is 18.1 Å². The van der Waals surface area contributed by atoms with Gasteiger partial charge in [-0.25, -0.2) is 8.42 Å². The number of benzene rings is 1. The summed E-state index contributed by atoms with van der Waals surface area (Å²) in [5, 5.41) is 2.87. The maximum atomic E-state index is 12.9. The number of rotatable bonds is 5. The number of quaternary nitrogens is 1. The summed E-state index contributed by atoms with van der Waals surface area (Å²) in [4.78, 5) is 13.7. The molecule has 0 saturated carbocycles. The van der Waals surface area contributed by atoms with Crippen molar-refractivity contribution in [2.75, 3.05) is 38.0 Å². The Bertz CT molecular complexity index is 717. The highest BCUT2D eigenvalue weighted by atomic mass is 32.2. The van der Waals surface area contributed by atoms with Crippen LogP contribution < -0.4 is 10.2 Å². The number of hydrogen-bond acceptors (Lipinski definition) is 3. The van der Waals surface area contributed by atoms with Crippen molar-refractivity contribution in [1.29, 1.82) is 0 Å². The second-order valence-electron chi connectivity index (χ2n) is 7.97. The van der Waals surface area contributed by atoms with Crippen LogP contribution in [0.15, 0.2) is 29.2 Å². The van der Waals surface area contributed by atoms with Crippen molar-refractivity contribution >= 4 is 21.6 Å². The number of hydrogen-bond donors (Lipinski definition) is 2. The van der Waals surface area contributed by atoms with Crippen LogP contribution in [-0.2, 0) is 14.8 Å². The number of piperidine rings is 1. The number of likely N-dealkylation sites (tertiary alicyclic amines) is 1. The number of nitrogens with one attached hydrogen (secondary N) is 2. The molecule has 2 atom stereocenters. The molecule has 1 aromatic carbocycles. The second kappa shape index (κ2) is 8.06. The summed E-state index contributed by atoms with van der Waals surface area (Å²) < 4.78 is 27.3. The van der Waals surface area contributed by atoms with E-state index in [2.05, 4.69) is 19.2 Å². The third kappa shape index (κ3) is 4.64. The van der Waals surface area contributed by atoms with E-state index in [4.69, 9.17) is 0 Å². The van der Waals surface area contributed by atoms with E-state index >= 15 is 0 Å². The van der Waals surface area contributed by atoms with E-state index in [1.807, 2.05) is 0 Å². The number of anilines is 1. The molecule has 0 aromatic heterocycles. The van der Waals surface area contributed by atoms with E-state index in [-0.39, 0.29) is 5.91 Å². The van der Waals surface area contributed by atoms with E-state index in [9.17, 15) is 13.2 Å². The Morgan fingerprint density at radius 1 is 1.12 bits per heavy atom. The molecule has 0 spiro atoms. The lowest BCUT2D eigenvalue weighted by atomic mass is 9.94. The predicted octanol–water partition coefficient (Wildman–Crippen LogP) is 0.970. The molecule has 2 aliphatic rings. The van der Waals surface area contributed by atoms with Crippen molar-refractivity contribution in [2.45, 2.75) is 38.0 Å². The Morgan fingerprint density at radius 3 is 2.27 bits per heavy atom. The molecule has 0 bridgehead atoms. The van der Waals surface area contributed by atoms with Gasteiger partial charge in [0.05, 0.1) is 18.0 Å². The van der Waals surface area contributed by atoms with Crippen LogP contribution >= 0.6 is 0 Å². The maximum absolute atomic E-state index is 12.9. The maximum Gasteiger partial charge on any atom is 0.279 e. The van der Waals surface area contributed by atoms with Gasteiger partial charge in [-0.2, -0.15) is 4.31 Å². The molecule has 3 rings (SSSR count). The molecule has 0 aliphatic carbocycles. The van der Waals surface area contributed by atoms with Gasteiger partial charge in [0.15, 0.2) is 6.54 Å². The van der Waals surface area contributed by atoms with Gasteiger partial charge >= 0.3 is 0 Å².